The van der Waals surface area contributed by atoms with Crippen LogP contribution in [0.1, 0.15) is 33.3 Å². The molecule has 1 aromatic rings. The number of benzene rings is 1. The van der Waals surface area contributed by atoms with Gasteiger partial charge in [-0.25, -0.2) is 4.39 Å². The van der Waals surface area contributed by atoms with Crippen LogP contribution in [0, 0.1) is 5.82 Å². The fourth-order valence-corrected chi connectivity index (χ4v) is 2.28. The zero-order valence-corrected chi connectivity index (χ0v) is 13.0. The summed E-state index contributed by atoms with van der Waals surface area (Å²) in [5.74, 6) is 0.447. The fraction of sp³-hybridized carbons (Fsp3) is 0.562. The summed E-state index contributed by atoms with van der Waals surface area (Å²) in [6, 6.07) is 4.26. The minimum Gasteiger partial charge on any atom is -0.488 e. The zero-order chi connectivity index (χ0) is 15.6. The number of nitrogens with one attached hydrogen (secondary N) is 2. The monoisotopic (exact) mass is 294 g/mol. The number of fused-ring (bicyclic) bond motifs is 1. The van der Waals surface area contributed by atoms with Crippen molar-refractivity contribution in [1.29, 1.82) is 0 Å². The Balaban J connectivity index is 1.81. The van der Waals surface area contributed by atoms with E-state index in [-0.39, 0.29) is 29.4 Å². The molecule has 4 nitrogen and oxygen atoms in total. The summed E-state index contributed by atoms with van der Waals surface area (Å²) >= 11 is 0. The van der Waals surface area contributed by atoms with E-state index >= 15 is 0 Å². The first kappa shape index (κ1) is 15.8. The smallest absolute Gasteiger partial charge is 0.237 e. The van der Waals surface area contributed by atoms with Crippen molar-refractivity contribution in [2.75, 3.05) is 6.54 Å². The summed E-state index contributed by atoms with van der Waals surface area (Å²) in [7, 11) is 0. The molecular weight excluding hydrogens is 271 g/mol. The number of carbonyl (C=O) groups excluding carboxylic acids is 1. The maximum absolute atomic E-state index is 13.1. The molecule has 0 aliphatic carbocycles. The molecule has 0 spiro atoms. The molecule has 2 unspecified atom stereocenters. The molecule has 21 heavy (non-hydrogen) atoms. The van der Waals surface area contributed by atoms with Gasteiger partial charge in [-0.1, -0.05) is 0 Å². The average molecular weight is 294 g/mol. The molecule has 1 heterocycles. The van der Waals surface area contributed by atoms with E-state index in [1.165, 1.54) is 12.1 Å². The van der Waals surface area contributed by atoms with Crippen molar-refractivity contribution in [2.24, 2.45) is 0 Å². The molecule has 1 aromatic carbocycles. The summed E-state index contributed by atoms with van der Waals surface area (Å²) in [5.41, 5.74) is 0.638. The quantitative estimate of drug-likeness (QED) is 0.893. The van der Waals surface area contributed by atoms with Gasteiger partial charge in [-0.2, -0.15) is 0 Å². The largest absolute Gasteiger partial charge is 0.488 e. The van der Waals surface area contributed by atoms with Gasteiger partial charge in [0.25, 0.3) is 0 Å². The Morgan fingerprint density at radius 1 is 1.48 bits per heavy atom. The minimum absolute atomic E-state index is 0.0379. The lowest BCUT2D eigenvalue weighted by atomic mass is 10.1. The maximum Gasteiger partial charge on any atom is 0.237 e. The van der Waals surface area contributed by atoms with Crippen LogP contribution >= 0.6 is 0 Å². The summed E-state index contributed by atoms with van der Waals surface area (Å²) in [6.07, 6.45) is 0.597. The van der Waals surface area contributed by atoms with Crippen LogP contribution < -0.4 is 15.4 Å². The van der Waals surface area contributed by atoms with Crippen molar-refractivity contribution in [2.45, 2.75) is 51.8 Å². The normalized spacial score (nSPS) is 18.8. The van der Waals surface area contributed by atoms with Crippen molar-refractivity contribution in [3.05, 3.63) is 29.6 Å². The van der Waals surface area contributed by atoms with Gasteiger partial charge in [-0.3, -0.25) is 4.79 Å². The van der Waals surface area contributed by atoms with Crippen molar-refractivity contribution in [1.82, 2.24) is 10.6 Å². The van der Waals surface area contributed by atoms with Crippen molar-refractivity contribution < 1.29 is 13.9 Å². The molecule has 0 bridgehead atoms. The molecule has 0 aromatic heterocycles. The molecule has 5 heteroatoms. The Morgan fingerprint density at radius 3 is 2.86 bits per heavy atom. The van der Waals surface area contributed by atoms with Gasteiger partial charge in [-0.15, -0.1) is 0 Å². The Hall–Kier alpha value is -1.62. The Bertz CT molecular complexity index is 525. The number of hydrogen-bond acceptors (Lipinski definition) is 3. The highest BCUT2D eigenvalue weighted by Gasteiger charge is 2.25. The van der Waals surface area contributed by atoms with Gasteiger partial charge in [0.05, 0.1) is 6.04 Å². The van der Waals surface area contributed by atoms with Crippen LogP contribution in [0.2, 0.25) is 0 Å². The number of carbonyl (C=O) groups is 1. The number of hydrogen-bond donors (Lipinski definition) is 2. The number of amides is 1. The molecular formula is C16H23FN2O2. The second-order valence-electron chi connectivity index (χ2n) is 6.57. The summed E-state index contributed by atoms with van der Waals surface area (Å²) in [5, 5.41) is 6.09. The minimum atomic E-state index is -0.298. The SMILES string of the molecule is CC(NCC1Cc2cc(F)ccc2O1)C(=O)NC(C)(C)C. The molecule has 1 aliphatic rings. The van der Waals surface area contributed by atoms with E-state index in [2.05, 4.69) is 10.6 Å². The molecule has 2 N–H and O–H groups in total. The van der Waals surface area contributed by atoms with Crippen LogP contribution in [0.4, 0.5) is 4.39 Å². The number of ether oxygens (including phenoxy) is 1. The highest BCUT2D eigenvalue weighted by Crippen LogP contribution is 2.28. The molecule has 1 aliphatic heterocycles. The highest BCUT2D eigenvalue weighted by atomic mass is 19.1. The van der Waals surface area contributed by atoms with E-state index in [9.17, 15) is 9.18 Å². The van der Waals surface area contributed by atoms with Crippen LogP contribution in [0.5, 0.6) is 5.75 Å². The second-order valence-corrected chi connectivity index (χ2v) is 6.57. The van der Waals surface area contributed by atoms with Crippen molar-refractivity contribution >= 4 is 5.91 Å². The predicted molar refractivity (Wildman–Crippen MR) is 79.9 cm³/mol. The molecule has 0 radical (unpaired) electrons. The predicted octanol–water partition coefficient (Wildman–Crippen LogP) is 2.02. The van der Waals surface area contributed by atoms with Crippen LogP contribution in [0.15, 0.2) is 18.2 Å². The molecule has 2 atom stereocenters. The Morgan fingerprint density at radius 2 is 2.19 bits per heavy atom. The van der Waals surface area contributed by atoms with E-state index in [1.807, 2.05) is 27.7 Å². The molecule has 0 saturated heterocycles. The third-order valence-corrected chi connectivity index (χ3v) is 3.31. The van der Waals surface area contributed by atoms with E-state index in [1.54, 1.807) is 6.07 Å². The molecule has 0 saturated carbocycles. The van der Waals surface area contributed by atoms with Gasteiger partial charge in [0.1, 0.15) is 17.7 Å². The van der Waals surface area contributed by atoms with Gasteiger partial charge in [0.2, 0.25) is 5.91 Å². The Labute approximate surface area is 125 Å². The lowest BCUT2D eigenvalue weighted by molar-refractivity contribution is -0.124. The molecule has 116 valence electrons. The van der Waals surface area contributed by atoms with Crippen LogP contribution in [-0.2, 0) is 11.2 Å². The third kappa shape index (κ3) is 4.43. The fourth-order valence-electron chi connectivity index (χ4n) is 2.28. The Kier molecular flexibility index (Phi) is 4.52. The summed E-state index contributed by atoms with van der Waals surface area (Å²) in [4.78, 5) is 12.0. The van der Waals surface area contributed by atoms with Crippen LogP contribution in [-0.4, -0.2) is 30.1 Å². The topological polar surface area (TPSA) is 50.4 Å². The first-order valence-corrected chi connectivity index (χ1v) is 7.25. The highest BCUT2D eigenvalue weighted by molar-refractivity contribution is 5.81. The number of halogens is 1. The van der Waals surface area contributed by atoms with Crippen molar-refractivity contribution in [3.8, 4) is 5.75 Å². The lowest BCUT2D eigenvalue weighted by Crippen LogP contribution is -2.51. The van der Waals surface area contributed by atoms with E-state index in [0.29, 0.717) is 13.0 Å². The molecule has 1 amide bonds. The average Bonchev–Trinajstić information content (AvgIpc) is 2.75. The van der Waals surface area contributed by atoms with E-state index in [4.69, 9.17) is 4.74 Å². The van der Waals surface area contributed by atoms with E-state index in [0.717, 1.165) is 11.3 Å². The summed E-state index contributed by atoms with van der Waals surface area (Å²) < 4.78 is 18.9. The standard InChI is InChI=1S/C16H23FN2O2/c1-10(15(20)19-16(2,3)4)18-9-13-8-11-7-12(17)5-6-14(11)21-13/h5-7,10,13,18H,8-9H2,1-4H3,(H,19,20). The van der Waals surface area contributed by atoms with Gasteiger partial charge in [-0.05, 0) is 45.9 Å². The van der Waals surface area contributed by atoms with Crippen molar-refractivity contribution in [3.63, 3.8) is 0 Å². The van der Waals surface area contributed by atoms with Gasteiger partial charge in [0.15, 0.2) is 0 Å². The van der Waals surface area contributed by atoms with Gasteiger partial charge < -0.3 is 15.4 Å². The van der Waals surface area contributed by atoms with Crippen LogP contribution in [0.25, 0.3) is 0 Å². The van der Waals surface area contributed by atoms with Gasteiger partial charge in [0, 0.05) is 24.1 Å². The third-order valence-electron chi connectivity index (χ3n) is 3.31. The van der Waals surface area contributed by atoms with Crippen LogP contribution in [0.3, 0.4) is 0 Å². The number of rotatable bonds is 4. The first-order valence-electron chi connectivity index (χ1n) is 7.25. The van der Waals surface area contributed by atoms with E-state index < -0.39 is 0 Å². The zero-order valence-electron chi connectivity index (χ0n) is 13.0. The first-order chi connectivity index (χ1) is 9.74. The lowest BCUT2D eigenvalue weighted by Gasteiger charge is -2.24. The molecule has 0 fully saturated rings. The second kappa shape index (κ2) is 6.02. The molecule has 2 rings (SSSR count). The van der Waals surface area contributed by atoms with Gasteiger partial charge >= 0.3 is 0 Å². The summed E-state index contributed by atoms with van der Waals surface area (Å²) in [6.45, 7) is 8.21. The maximum atomic E-state index is 13.1.